The number of allylic oxidation sites excluding steroid dienone is 1. The van der Waals surface area contributed by atoms with E-state index in [0.717, 1.165) is 47.0 Å². The normalized spacial score (nSPS) is 14.6. The molecule has 2 aromatic heterocycles. The average Bonchev–Trinajstić information content (AvgIpc) is 3.58. The Morgan fingerprint density at radius 1 is 1.15 bits per heavy atom. The largest absolute Gasteiger partial charge is 0.497 e. The predicted molar refractivity (Wildman–Crippen MR) is 156 cm³/mol. The predicted octanol–water partition coefficient (Wildman–Crippen LogP) is 7.43. The van der Waals surface area contributed by atoms with E-state index in [1.54, 1.807) is 25.4 Å². The number of ether oxygens (including phenoxy) is 1. The molecule has 2 aromatic carbocycles. The summed E-state index contributed by atoms with van der Waals surface area (Å²) in [5, 5.41) is 4.26. The Morgan fingerprint density at radius 2 is 1.92 bits per heavy atom. The van der Waals surface area contributed by atoms with E-state index in [9.17, 15) is 9.59 Å². The number of aromatic nitrogens is 2. The number of methoxy groups -OCH3 is 1. The van der Waals surface area contributed by atoms with Crippen molar-refractivity contribution in [2.75, 3.05) is 12.4 Å². The van der Waals surface area contributed by atoms with Gasteiger partial charge in [-0.05, 0) is 65.9 Å². The number of benzene rings is 2. The SMILES string of the molecule is COc1ccc(/C=C/C(=O)c2cc3c(cc2Cl)c(C(CC2CCCC2)C(=O)Nc2ccccn2)cn3C)cc1. The first-order chi connectivity index (χ1) is 18.9. The minimum atomic E-state index is -0.355. The van der Waals surface area contributed by atoms with E-state index in [1.165, 1.54) is 18.9 Å². The zero-order valence-electron chi connectivity index (χ0n) is 22.2. The molecule has 1 saturated carbocycles. The molecule has 0 aliphatic heterocycles. The third kappa shape index (κ3) is 6.07. The molecule has 6 nitrogen and oxygen atoms in total. The van der Waals surface area contributed by atoms with Gasteiger partial charge in [-0.2, -0.15) is 0 Å². The number of rotatable bonds is 9. The van der Waals surface area contributed by atoms with Crippen LogP contribution in [0, 0.1) is 5.92 Å². The number of anilines is 1. The molecule has 5 rings (SSSR count). The molecule has 1 unspecified atom stereocenters. The molecule has 7 heteroatoms. The number of aryl methyl sites for hydroxylation is 1. The Kier molecular flexibility index (Phi) is 8.13. The first-order valence-electron chi connectivity index (χ1n) is 13.3. The zero-order chi connectivity index (χ0) is 27.4. The molecule has 0 spiro atoms. The zero-order valence-corrected chi connectivity index (χ0v) is 22.9. The summed E-state index contributed by atoms with van der Waals surface area (Å²) < 4.78 is 7.17. The van der Waals surface area contributed by atoms with Gasteiger partial charge in [-0.15, -0.1) is 0 Å². The van der Waals surface area contributed by atoms with Gasteiger partial charge >= 0.3 is 0 Å². The van der Waals surface area contributed by atoms with E-state index in [4.69, 9.17) is 16.3 Å². The fourth-order valence-corrected chi connectivity index (χ4v) is 5.74. The summed E-state index contributed by atoms with van der Waals surface area (Å²) in [5.41, 5.74) is 3.09. The summed E-state index contributed by atoms with van der Waals surface area (Å²) in [5.74, 6) is 1.17. The third-order valence-electron chi connectivity index (χ3n) is 7.57. The first-order valence-corrected chi connectivity index (χ1v) is 13.7. The molecule has 1 amide bonds. The molecular weight excluding hydrogens is 510 g/mol. The maximum Gasteiger partial charge on any atom is 0.233 e. The highest BCUT2D eigenvalue weighted by molar-refractivity contribution is 6.35. The molecule has 0 saturated heterocycles. The van der Waals surface area contributed by atoms with Crippen molar-refractivity contribution in [1.82, 2.24) is 9.55 Å². The maximum absolute atomic E-state index is 13.6. The summed E-state index contributed by atoms with van der Waals surface area (Å²) in [6.07, 6.45) is 12.4. The van der Waals surface area contributed by atoms with Crippen molar-refractivity contribution >= 4 is 46.1 Å². The quantitative estimate of drug-likeness (QED) is 0.176. The number of fused-ring (bicyclic) bond motifs is 1. The van der Waals surface area contributed by atoms with Gasteiger partial charge < -0.3 is 14.6 Å². The van der Waals surface area contributed by atoms with E-state index in [1.807, 2.05) is 66.3 Å². The van der Waals surface area contributed by atoms with Crippen LogP contribution in [-0.2, 0) is 11.8 Å². The van der Waals surface area contributed by atoms with Gasteiger partial charge in [0.2, 0.25) is 5.91 Å². The van der Waals surface area contributed by atoms with Crippen LogP contribution >= 0.6 is 11.6 Å². The van der Waals surface area contributed by atoms with Crippen LogP contribution in [0.5, 0.6) is 5.75 Å². The highest BCUT2D eigenvalue weighted by Crippen LogP contribution is 2.39. The molecule has 1 aliphatic rings. The topological polar surface area (TPSA) is 73.2 Å². The van der Waals surface area contributed by atoms with Crippen LogP contribution in [0.2, 0.25) is 5.02 Å². The fourth-order valence-electron chi connectivity index (χ4n) is 5.48. The Labute approximate surface area is 233 Å². The van der Waals surface area contributed by atoms with Crippen LogP contribution in [-0.4, -0.2) is 28.4 Å². The van der Waals surface area contributed by atoms with E-state index < -0.39 is 0 Å². The summed E-state index contributed by atoms with van der Waals surface area (Å²) in [4.78, 5) is 31.0. The fraction of sp³-hybridized carbons (Fsp3) is 0.281. The lowest BCUT2D eigenvalue weighted by atomic mass is 9.86. The number of ketones is 1. The highest BCUT2D eigenvalue weighted by Gasteiger charge is 2.30. The molecule has 2 heterocycles. The van der Waals surface area contributed by atoms with Gasteiger partial charge in [-0.1, -0.05) is 61.6 Å². The summed E-state index contributed by atoms with van der Waals surface area (Å²) in [7, 11) is 3.55. The minimum absolute atomic E-state index is 0.0770. The van der Waals surface area contributed by atoms with Crippen molar-refractivity contribution < 1.29 is 14.3 Å². The van der Waals surface area contributed by atoms with Gasteiger partial charge in [0.05, 0.1) is 18.1 Å². The second-order valence-corrected chi connectivity index (χ2v) is 10.6. The smallest absolute Gasteiger partial charge is 0.233 e. The van der Waals surface area contributed by atoms with Gasteiger partial charge in [0.25, 0.3) is 0 Å². The van der Waals surface area contributed by atoms with Crippen molar-refractivity contribution in [3.05, 3.63) is 94.8 Å². The Balaban J connectivity index is 1.46. The molecular formula is C32H32ClN3O3. The number of amides is 1. The van der Waals surface area contributed by atoms with Crippen molar-refractivity contribution in [1.29, 1.82) is 0 Å². The Hall–Kier alpha value is -3.90. The van der Waals surface area contributed by atoms with Crippen LogP contribution in [0.3, 0.4) is 0 Å². The van der Waals surface area contributed by atoms with Crippen LogP contribution in [0.4, 0.5) is 5.82 Å². The van der Waals surface area contributed by atoms with Gasteiger partial charge in [-0.25, -0.2) is 4.98 Å². The lowest BCUT2D eigenvalue weighted by Crippen LogP contribution is -2.23. The lowest BCUT2D eigenvalue weighted by molar-refractivity contribution is -0.118. The van der Waals surface area contributed by atoms with Crippen LogP contribution in [0.1, 0.15) is 59.5 Å². The average molecular weight is 542 g/mol. The highest BCUT2D eigenvalue weighted by atomic mass is 35.5. The van der Waals surface area contributed by atoms with E-state index in [0.29, 0.717) is 22.3 Å². The molecule has 1 aliphatic carbocycles. The number of nitrogens with one attached hydrogen (secondary N) is 1. The van der Waals surface area contributed by atoms with E-state index in [-0.39, 0.29) is 17.6 Å². The summed E-state index contributed by atoms with van der Waals surface area (Å²) >= 11 is 6.69. The van der Waals surface area contributed by atoms with Gasteiger partial charge in [0.1, 0.15) is 11.6 Å². The molecule has 1 fully saturated rings. The standard InChI is InChI=1S/C32H32ClN3O3/c1-36-20-27(25(17-22-7-3-4-8-22)32(38)35-31-9-5-6-16-34-31)24-18-28(33)26(19-29(24)36)30(37)15-12-21-10-13-23(39-2)14-11-21/h5-6,9-16,18-20,22,25H,3-4,7-8,17H2,1-2H3,(H,34,35,38)/b15-12+. The van der Waals surface area contributed by atoms with Crippen molar-refractivity contribution in [2.45, 2.75) is 38.0 Å². The van der Waals surface area contributed by atoms with Crippen molar-refractivity contribution in [3.63, 3.8) is 0 Å². The number of hydrogen-bond donors (Lipinski definition) is 1. The monoisotopic (exact) mass is 541 g/mol. The van der Waals surface area contributed by atoms with Gasteiger partial charge in [-0.3, -0.25) is 9.59 Å². The molecule has 1 atom stereocenters. The molecule has 4 aromatic rings. The summed E-state index contributed by atoms with van der Waals surface area (Å²) in [6, 6.07) is 16.6. The van der Waals surface area contributed by atoms with Crippen molar-refractivity contribution in [2.24, 2.45) is 13.0 Å². The molecule has 1 N–H and O–H groups in total. The Bertz CT molecular complexity index is 1500. The lowest BCUT2D eigenvalue weighted by Gasteiger charge is -2.20. The van der Waals surface area contributed by atoms with Crippen LogP contribution < -0.4 is 10.1 Å². The van der Waals surface area contributed by atoms with Crippen LogP contribution in [0.25, 0.3) is 17.0 Å². The summed E-state index contributed by atoms with van der Waals surface area (Å²) in [6.45, 7) is 0. The number of pyridine rings is 1. The number of carbonyl (C=O) groups excluding carboxylic acids is 2. The molecule has 0 bridgehead atoms. The van der Waals surface area contributed by atoms with Gasteiger partial charge in [0.15, 0.2) is 5.78 Å². The van der Waals surface area contributed by atoms with E-state index in [2.05, 4.69) is 10.3 Å². The van der Waals surface area contributed by atoms with Crippen LogP contribution in [0.15, 0.2) is 73.1 Å². The van der Waals surface area contributed by atoms with Gasteiger partial charge in [0, 0.05) is 35.9 Å². The number of hydrogen-bond acceptors (Lipinski definition) is 4. The molecule has 0 radical (unpaired) electrons. The molecule has 200 valence electrons. The second-order valence-electron chi connectivity index (χ2n) is 10.2. The molecule has 39 heavy (non-hydrogen) atoms. The first kappa shape index (κ1) is 26.7. The number of carbonyl (C=O) groups is 2. The minimum Gasteiger partial charge on any atom is -0.497 e. The van der Waals surface area contributed by atoms with Crippen molar-refractivity contribution in [3.8, 4) is 5.75 Å². The second kappa shape index (κ2) is 11.9. The number of halogens is 1. The number of nitrogens with zero attached hydrogens (tertiary/aromatic N) is 2. The maximum atomic E-state index is 13.6. The third-order valence-corrected chi connectivity index (χ3v) is 7.88. The van der Waals surface area contributed by atoms with E-state index >= 15 is 0 Å². The Morgan fingerprint density at radius 3 is 2.62 bits per heavy atom.